The molecule has 9 nitrogen and oxygen atoms in total. The minimum Gasteiger partial charge on any atom is -0.382 e. The maximum Gasteiger partial charge on any atom is 0.418 e. The zero-order valence-corrected chi connectivity index (χ0v) is 20.5. The Morgan fingerprint density at radius 2 is 1.92 bits per heavy atom. The molecule has 1 aliphatic carbocycles. The predicted octanol–water partition coefficient (Wildman–Crippen LogP) is 3.41. The lowest BCUT2D eigenvalue weighted by Gasteiger charge is -2.20. The van der Waals surface area contributed by atoms with Crippen molar-refractivity contribution in [1.82, 2.24) is 29.8 Å². The van der Waals surface area contributed by atoms with Crippen LogP contribution in [0.3, 0.4) is 0 Å². The Morgan fingerprint density at radius 3 is 2.59 bits per heavy atom. The average molecular weight is 555 g/mol. The number of amides is 2. The van der Waals surface area contributed by atoms with Gasteiger partial charge in [-0.25, -0.2) is 22.7 Å². The van der Waals surface area contributed by atoms with Gasteiger partial charge in [-0.1, -0.05) is 0 Å². The van der Waals surface area contributed by atoms with Gasteiger partial charge in [-0.2, -0.15) is 18.3 Å². The van der Waals surface area contributed by atoms with Gasteiger partial charge in [0.2, 0.25) is 11.8 Å². The van der Waals surface area contributed by atoms with Gasteiger partial charge in [0, 0.05) is 37.1 Å². The zero-order chi connectivity index (χ0) is 28.3. The van der Waals surface area contributed by atoms with Crippen molar-refractivity contribution in [2.24, 2.45) is 5.92 Å². The molecule has 5 rings (SSSR count). The van der Waals surface area contributed by atoms with Gasteiger partial charge in [0.15, 0.2) is 5.82 Å². The summed E-state index contributed by atoms with van der Waals surface area (Å²) in [7, 11) is 0. The zero-order valence-electron chi connectivity index (χ0n) is 20.5. The van der Waals surface area contributed by atoms with Crippen LogP contribution in [0.15, 0.2) is 24.7 Å². The van der Waals surface area contributed by atoms with Crippen molar-refractivity contribution in [2.75, 3.05) is 18.8 Å². The molecule has 208 valence electrons. The number of carbonyl (C=O) groups excluding carboxylic acids is 2. The number of aryl methyl sites for hydroxylation is 1. The van der Waals surface area contributed by atoms with Crippen molar-refractivity contribution in [3.63, 3.8) is 0 Å². The Balaban J connectivity index is 1.38. The summed E-state index contributed by atoms with van der Waals surface area (Å²) < 4.78 is 83.8. The van der Waals surface area contributed by atoms with Crippen LogP contribution in [0, 0.1) is 12.8 Å². The normalized spacial score (nSPS) is 22.9. The highest BCUT2D eigenvalue weighted by molar-refractivity contribution is 5.97. The summed E-state index contributed by atoms with van der Waals surface area (Å²) >= 11 is 0. The first-order valence-electron chi connectivity index (χ1n) is 12.0. The molecule has 1 aliphatic heterocycles. The summed E-state index contributed by atoms with van der Waals surface area (Å²) in [5.41, 5.74) is 4.40. The molecule has 0 spiro atoms. The summed E-state index contributed by atoms with van der Waals surface area (Å²) in [6.07, 6.45) is -5.14. The molecule has 0 bridgehead atoms. The van der Waals surface area contributed by atoms with Crippen LogP contribution in [-0.2, 0) is 11.0 Å². The summed E-state index contributed by atoms with van der Waals surface area (Å²) in [5, 5.41) is 6.38. The largest absolute Gasteiger partial charge is 0.418 e. The number of anilines is 1. The van der Waals surface area contributed by atoms with E-state index in [-0.39, 0.29) is 42.0 Å². The second-order valence-electron chi connectivity index (χ2n) is 9.84. The maximum absolute atomic E-state index is 14.8. The van der Waals surface area contributed by atoms with E-state index in [0.717, 1.165) is 21.8 Å². The molecule has 3 aromatic rings. The molecule has 1 saturated carbocycles. The number of alkyl halides is 6. The highest BCUT2D eigenvalue weighted by atomic mass is 19.4. The molecule has 4 heterocycles. The number of pyridine rings is 1. The third-order valence-corrected chi connectivity index (χ3v) is 7.14. The van der Waals surface area contributed by atoms with Gasteiger partial charge >= 0.3 is 6.18 Å². The number of nitrogens with zero attached hydrogens (tertiary/aromatic N) is 5. The van der Waals surface area contributed by atoms with Crippen LogP contribution in [0.1, 0.15) is 40.9 Å². The second kappa shape index (κ2) is 9.38. The molecule has 2 fully saturated rings. The number of carbonyl (C=O) groups is 2. The maximum atomic E-state index is 14.8. The van der Waals surface area contributed by atoms with E-state index in [4.69, 9.17) is 5.73 Å². The standard InChI is InChI=1S/C24H23F6N7O2/c1-11-14(21(38)35-17-9-36(8-16(17)25)22(39)12-2-3-23(26,27)6-12)4-13(7-32-11)18-5-15(24(28,29)30)19-20(31)33-10-34-37(18)19/h4-5,7,10,12,16-17H,2-3,6,8-9H2,1H3,(H,35,38)(H2,31,33,34)/t12?,16-,17+/m0/s1. The third-order valence-electron chi connectivity index (χ3n) is 7.14. The van der Waals surface area contributed by atoms with Crippen LogP contribution in [-0.4, -0.2) is 67.5 Å². The molecule has 1 saturated heterocycles. The number of nitrogens with one attached hydrogen (secondary N) is 1. The number of nitrogen functional groups attached to an aromatic ring is 1. The number of aromatic nitrogens is 4. The Kier molecular flexibility index (Phi) is 6.42. The van der Waals surface area contributed by atoms with Gasteiger partial charge in [-0.3, -0.25) is 14.6 Å². The minimum absolute atomic E-state index is 0.00894. The van der Waals surface area contributed by atoms with Crippen LogP contribution in [0.5, 0.6) is 0 Å². The van der Waals surface area contributed by atoms with Crippen molar-refractivity contribution < 1.29 is 35.9 Å². The lowest BCUT2D eigenvalue weighted by atomic mass is 10.1. The topological polar surface area (TPSA) is 119 Å². The Hall–Kier alpha value is -3.91. The van der Waals surface area contributed by atoms with E-state index in [9.17, 15) is 35.9 Å². The lowest BCUT2D eigenvalue weighted by Crippen LogP contribution is -2.42. The van der Waals surface area contributed by atoms with Gasteiger partial charge in [-0.15, -0.1) is 0 Å². The first-order valence-corrected chi connectivity index (χ1v) is 12.0. The van der Waals surface area contributed by atoms with Crippen molar-refractivity contribution in [3.8, 4) is 11.3 Å². The minimum atomic E-state index is -4.77. The van der Waals surface area contributed by atoms with Crippen molar-refractivity contribution in [3.05, 3.63) is 41.5 Å². The molecule has 15 heteroatoms. The fourth-order valence-corrected chi connectivity index (χ4v) is 5.14. The molecule has 0 aromatic carbocycles. The summed E-state index contributed by atoms with van der Waals surface area (Å²) in [6, 6.07) is 1.01. The first kappa shape index (κ1) is 26.7. The van der Waals surface area contributed by atoms with Crippen molar-refractivity contribution in [1.29, 1.82) is 0 Å². The summed E-state index contributed by atoms with van der Waals surface area (Å²) in [6.45, 7) is 0.947. The summed E-state index contributed by atoms with van der Waals surface area (Å²) in [5.74, 6) is -5.56. The molecule has 39 heavy (non-hydrogen) atoms. The highest BCUT2D eigenvalue weighted by Crippen LogP contribution is 2.40. The number of fused-ring (bicyclic) bond motifs is 1. The molecule has 2 aliphatic rings. The van der Waals surface area contributed by atoms with E-state index in [1.54, 1.807) is 0 Å². The number of nitrogens with two attached hydrogens (primary N) is 1. The van der Waals surface area contributed by atoms with E-state index in [0.29, 0.717) is 0 Å². The van der Waals surface area contributed by atoms with Crippen LogP contribution >= 0.6 is 0 Å². The predicted molar refractivity (Wildman–Crippen MR) is 125 cm³/mol. The SMILES string of the molecule is Cc1ncc(-c2cc(C(F)(F)F)c3c(N)ncnn23)cc1C(=O)N[C@@H]1CN(C(=O)C2CCC(F)(F)C2)C[C@@H]1F. The number of hydrogen-bond donors (Lipinski definition) is 2. The molecule has 3 aromatic heterocycles. The molecule has 0 radical (unpaired) electrons. The third kappa shape index (κ3) is 4.96. The first-order chi connectivity index (χ1) is 18.2. The van der Waals surface area contributed by atoms with E-state index >= 15 is 0 Å². The van der Waals surface area contributed by atoms with E-state index in [1.165, 1.54) is 19.2 Å². The number of likely N-dealkylation sites (tertiary alicyclic amines) is 1. The fourth-order valence-electron chi connectivity index (χ4n) is 5.14. The Labute approximate surface area is 217 Å². The quantitative estimate of drug-likeness (QED) is 0.477. The van der Waals surface area contributed by atoms with Gasteiger partial charge in [0.1, 0.15) is 18.0 Å². The number of hydrogen-bond acceptors (Lipinski definition) is 6. The van der Waals surface area contributed by atoms with E-state index in [1.807, 2.05) is 0 Å². The number of rotatable bonds is 4. The van der Waals surface area contributed by atoms with Crippen LogP contribution in [0.25, 0.3) is 16.8 Å². The molecule has 2 amide bonds. The van der Waals surface area contributed by atoms with Gasteiger partial charge in [0.05, 0.1) is 35.1 Å². The van der Waals surface area contributed by atoms with Crippen LogP contribution in [0.2, 0.25) is 0 Å². The summed E-state index contributed by atoms with van der Waals surface area (Å²) in [4.78, 5) is 34.6. The highest BCUT2D eigenvalue weighted by Gasteiger charge is 2.46. The smallest absolute Gasteiger partial charge is 0.382 e. The fraction of sp³-hybridized carbons (Fsp3) is 0.458. The van der Waals surface area contributed by atoms with Crippen LogP contribution in [0.4, 0.5) is 32.2 Å². The van der Waals surface area contributed by atoms with Crippen LogP contribution < -0.4 is 11.1 Å². The number of halogens is 6. The Bertz CT molecular complexity index is 1460. The molecular formula is C24H23F6N7O2. The second-order valence-corrected chi connectivity index (χ2v) is 9.84. The molecule has 3 N–H and O–H groups in total. The van der Waals surface area contributed by atoms with Crippen molar-refractivity contribution in [2.45, 2.75) is 50.5 Å². The monoisotopic (exact) mass is 555 g/mol. The molecule has 3 atom stereocenters. The Morgan fingerprint density at radius 1 is 1.18 bits per heavy atom. The van der Waals surface area contributed by atoms with Gasteiger partial charge in [-0.05, 0) is 25.5 Å². The lowest BCUT2D eigenvalue weighted by molar-refractivity contribution is -0.136. The van der Waals surface area contributed by atoms with E-state index in [2.05, 4.69) is 20.4 Å². The van der Waals surface area contributed by atoms with E-state index < -0.39 is 71.8 Å². The average Bonchev–Trinajstić information content (AvgIpc) is 3.54. The molecule has 1 unspecified atom stereocenters. The van der Waals surface area contributed by atoms with Gasteiger partial charge in [0.25, 0.3) is 5.91 Å². The van der Waals surface area contributed by atoms with Gasteiger partial charge < -0.3 is 16.0 Å². The molecular weight excluding hydrogens is 532 g/mol. The van der Waals surface area contributed by atoms with Crippen molar-refractivity contribution >= 4 is 23.1 Å².